The molecule has 5 heterocycles. The molecule has 2 aromatic heterocycles. The average molecular weight is 950 g/mol. The second-order valence-corrected chi connectivity index (χ2v) is 22.1. The van der Waals surface area contributed by atoms with Crippen LogP contribution in [0.25, 0.3) is 11.0 Å². The largest absolute Gasteiger partial charge is 0.489 e. The van der Waals surface area contributed by atoms with Crippen molar-refractivity contribution in [3.05, 3.63) is 106 Å². The number of rotatable bonds is 11. The molecule has 5 aromatic rings. The number of aromatic nitrogens is 2. The van der Waals surface area contributed by atoms with Crippen molar-refractivity contribution in [1.82, 2.24) is 19.6 Å². The number of amides is 1. The Balaban J connectivity index is 0.807. The minimum atomic E-state index is -4.72. The first-order valence-corrected chi connectivity index (χ1v) is 25.3. The van der Waals surface area contributed by atoms with Gasteiger partial charge in [0.25, 0.3) is 21.6 Å². The smallest absolute Gasteiger partial charge is 0.297 e. The number of pyridine rings is 1. The van der Waals surface area contributed by atoms with Gasteiger partial charge in [-0.25, -0.2) is 22.5 Å². The first-order valence-electron chi connectivity index (χ1n) is 23.8. The molecule has 3 saturated carbocycles. The number of halogens is 1. The Kier molecular flexibility index (Phi) is 11.0. The Bertz CT molecular complexity index is 2920. The molecule has 3 aromatic carbocycles. The number of carbonyl (C=O) groups excluding carboxylic acids is 1. The van der Waals surface area contributed by atoms with E-state index in [-0.39, 0.29) is 57.9 Å². The average Bonchev–Trinajstić information content (AvgIpc) is 3.69. The van der Waals surface area contributed by atoms with Crippen LogP contribution < -0.4 is 24.4 Å². The third kappa shape index (κ3) is 8.32. The van der Waals surface area contributed by atoms with E-state index in [4.69, 9.17) is 9.47 Å². The summed E-state index contributed by atoms with van der Waals surface area (Å²) in [7, 11) is -4.72. The number of benzene rings is 3. The Hall–Kier alpha value is -5.82. The van der Waals surface area contributed by atoms with Gasteiger partial charge in [-0.15, -0.1) is 0 Å². The fraction of sp³-hybridized carbons (Fsp3) is 0.480. The molecule has 5 fully saturated rings. The van der Waals surface area contributed by atoms with Crippen LogP contribution in [0.3, 0.4) is 0 Å². The van der Waals surface area contributed by atoms with E-state index < -0.39 is 48.5 Å². The van der Waals surface area contributed by atoms with Crippen LogP contribution in [0.4, 0.5) is 21.5 Å². The van der Waals surface area contributed by atoms with Crippen LogP contribution in [0.15, 0.2) is 78.0 Å². The molecule has 11 rings (SSSR count). The van der Waals surface area contributed by atoms with E-state index >= 15 is 0 Å². The quantitative estimate of drug-likeness (QED) is 0.0625. The summed E-state index contributed by atoms with van der Waals surface area (Å²) in [5, 5.41) is 37.3. The molecule has 1 spiro atoms. The number of carbonyl (C=O) groups is 1. The number of hydrogen-bond donors (Lipinski definition) is 5. The van der Waals surface area contributed by atoms with E-state index in [0.717, 1.165) is 94.4 Å². The summed E-state index contributed by atoms with van der Waals surface area (Å²) in [5.74, 6) is -1.42. The van der Waals surface area contributed by atoms with E-state index in [2.05, 4.69) is 48.0 Å². The van der Waals surface area contributed by atoms with Gasteiger partial charge in [0.2, 0.25) is 0 Å². The van der Waals surface area contributed by atoms with Crippen molar-refractivity contribution in [1.29, 1.82) is 0 Å². The predicted octanol–water partition coefficient (Wildman–Crippen LogP) is 8.20. The topological polar surface area (TPSA) is 212 Å². The minimum absolute atomic E-state index is 0.00623. The molecule has 68 heavy (non-hydrogen) atoms. The van der Waals surface area contributed by atoms with Gasteiger partial charge >= 0.3 is 0 Å². The lowest BCUT2D eigenvalue weighted by Gasteiger charge is -2.56. The maximum absolute atomic E-state index is 14.7. The number of likely N-dealkylation sites (tertiary alicyclic amines) is 1. The molecule has 16 nitrogen and oxygen atoms in total. The van der Waals surface area contributed by atoms with Crippen LogP contribution in [0.5, 0.6) is 17.2 Å². The van der Waals surface area contributed by atoms with Gasteiger partial charge in [-0.3, -0.25) is 19.8 Å². The van der Waals surface area contributed by atoms with E-state index in [1.807, 2.05) is 6.07 Å². The number of ether oxygens (including phenoxy) is 2. The lowest BCUT2D eigenvalue weighted by Crippen LogP contribution is -2.55. The summed E-state index contributed by atoms with van der Waals surface area (Å²) in [6, 6.07) is 17.4. The number of aromatic amines is 1. The van der Waals surface area contributed by atoms with E-state index in [1.54, 1.807) is 19.1 Å². The highest BCUT2D eigenvalue weighted by Gasteiger charge is 2.51. The minimum Gasteiger partial charge on any atom is -0.489 e. The Morgan fingerprint density at radius 2 is 1.76 bits per heavy atom. The number of nitro groups is 1. The number of nitrogens with zero attached hydrogens (tertiary/aromatic N) is 4. The molecular weight excluding hydrogens is 894 g/mol. The van der Waals surface area contributed by atoms with Crippen LogP contribution in [0, 0.1) is 27.3 Å². The van der Waals surface area contributed by atoms with Gasteiger partial charge in [-0.05, 0) is 131 Å². The Morgan fingerprint density at radius 1 is 1.00 bits per heavy atom. The number of hydrogen-bond acceptors (Lipinski definition) is 13. The molecule has 0 radical (unpaired) electrons. The highest BCUT2D eigenvalue weighted by molar-refractivity contribution is 7.90. The molecule has 3 aliphatic heterocycles. The summed E-state index contributed by atoms with van der Waals surface area (Å²) in [6.45, 7) is 4.49. The van der Waals surface area contributed by atoms with Gasteiger partial charge in [-0.2, -0.15) is 0 Å². The van der Waals surface area contributed by atoms with E-state index in [1.165, 1.54) is 30.1 Å². The van der Waals surface area contributed by atoms with Crippen molar-refractivity contribution in [2.45, 2.75) is 118 Å². The molecule has 2 atom stereocenters. The van der Waals surface area contributed by atoms with Crippen molar-refractivity contribution in [3.63, 3.8) is 0 Å². The van der Waals surface area contributed by atoms with Gasteiger partial charge in [0.05, 0.1) is 44.2 Å². The SMILES string of the molecule is CC1(O)CCC([C@H]2COc3cc(S(=O)(=O)NC(=O)c4ccc(N5CCC6(CC5)CC(N5CCC[C@H]5c5ccccc5C5(O)CC5)C6)cc4Oc4cnc5[nH]cc(F)c5c4)cc([N+](=O)[O-])c3N2)CC1. The number of nitro benzene ring substituents is 1. The van der Waals surface area contributed by atoms with Crippen molar-refractivity contribution in [2.24, 2.45) is 11.3 Å². The lowest BCUT2D eigenvalue weighted by atomic mass is 9.59. The number of nitrogens with one attached hydrogen (secondary N) is 3. The molecule has 2 saturated heterocycles. The van der Waals surface area contributed by atoms with Crippen molar-refractivity contribution in [2.75, 3.05) is 36.5 Å². The third-order valence-electron chi connectivity index (χ3n) is 15.9. The first kappa shape index (κ1) is 44.7. The maximum atomic E-state index is 14.7. The summed E-state index contributed by atoms with van der Waals surface area (Å²) in [6.07, 6.45) is 13.1. The molecule has 0 bridgehead atoms. The molecule has 3 aliphatic carbocycles. The van der Waals surface area contributed by atoms with E-state index in [0.29, 0.717) is 43.4 Å². The normalized spacial score (nSPS) is 25.5. The predicted molar refractivity (Wildman–Crippen MR) is 251 cm³/mol. The van der Waals surface area contributed by atoms with Gasteiger partial charge in [-0.1, -0.05) is 24.3 Å². The fourth-order valence-electron chi connectivity index (χ4n) is 11.8. The zero-order chi connectivity index (χ0) is 47.2. The third-order valence-corrected chi connectivity index (χ3v) is 17.3. The van der Waals surface area contributed by atoms with Crippen molar-refractivity contribution >= 4 is 44.0 Å². The highest BCUT2D eigenvalue weighted by atomic mass is 32.2. The summed E-state index contributed by atoms with van der Waals surface area (Å²) >= 11 is 0. The number of sulfonamides is 1. The van der Waals surface area contributed by atoms with Gasteiger partial charge < -0.3 is 34.9 Å². The van der Waals surface area contributed by atoms with Crippen LogP contribution in [0.1, 0.15) is 112 Å². The van der Waals surface area contributed by atoms with Gasteiger partial charge in [0.1, 0.15) is 29.6 Å². The number of fused-ring (bicyclic) bond motifs is 2. The second kappa shape index (κ2) is 16.7. The lowest BCUT2D eigenvalue weighted by molar-refractivity contribution is -0.384. The fourth-order valence-corrected chi connectivity index (χ4v) is 12.8. The Morgan fingerprint density at radius 3 is 2.51 bits per heavy atom. The number of piperidine rings is 1. The number of H-pyrrole nitrogens is 1. The standard InChI is InChI=1S/C50H56FN7O9S/c1-48(60)12-10-30(11-13-48)40-29-66-44-24-34(23-42(58(62)63)45(44)54-40)68(64,65)55-47(59)36-9-8-31(21-43(36)67-33-22-37-39(51)28-53-46(37)52-27-33)56-19-16-49(17-20-56)25-32(26-49)57-18-4-7-41(57)35-5-2-3-6-38(35)50(61)14-15-50/h2-3,5-6,8-9,21-24,27-28,30,32,40-41,54,60-61H,4,7,10-20,25-26,29H2,1H3,(H,52,53)(H,55,59)/t30?,40-,41+,48?/m1/s1. The Labute approximate surface area is 393 Å². The maximum Gasteiger partial charge on any atom is 0.297 e. The van der Waals surface area contributed by atoms with Crippen molar-refractivity contribution in [3.8, 4) is 17.2 Å². The van der Waals surface area contributed by atoms with Gasteiger partial charge in [0.15, 0.2) is 11.4 Å². The molecule has 1 amide bonds. The summed E-state index contributed by atoms with van der Waals surface area (Å²) < 4.78 is 56.9. The van der Waals surface area contributed by atoms with Crippen molar-refractivity contribution < 1.29 is 42.2 Å². The van der Waals surface area contributed by atoms with Crippen LogP contribution in [0.2, 0.25) is 0 Å². The van der Waals surface area contributed by atoms with Crippen LogP contribution in [-0.2, 0) is 15.6 Å². The molecule has 0 unspecified atom stereocenters. The number of anilines is 2. The highest BCUT2D eigenvalue weighted by Crippen LogP contribution is 2.56. The monoisotopic (exact) mass is 949 g/mol. The molecule has 5 N–H and O–H groups in total. The van der Waals surface area contributed by atoms with E-state index in [9.17, 15) is 37.9 Å². The van der Waals surface area contributed by atoms with Gasteiger partial charge in [0, 0.05) is 55.3 Å². The van der Waals surface area contributed by atoms with Crippen LogP contribution in [-0.4, -0.2) is 88.3 Å². The molecular formula is C50H56FN7O9S. The molecule has 18 heteroatoms. The number of aliphatic hydroxyl groups is 2. The summed E-state index contributed by atoms with van der Waals surface area (Å²) in [5.41, 5.74) is 1.58. The molecule has 358 valence electrons. The zero-order valence-corrected chi connectivity index (χ0v) is 38.7. The molecule has 6 aliphatic rings. The first-order chi connectivity index (χ1) is 32.6. The zero-order valence-electron chi connectivity index (χ0n) is 37.9. The second-order valence-electron chi connectivity index (χ2n) is 20.5. The van der Waals surface area contributed by atoms with Crippen LogP contribution >= 0.6 is 0 Å². The summed E-state index contributed by atoms with van der Waals surface area (Å²) in [4.78, 5) is 37.2.